The van der Waals surface area contributed by atoms with Crippen LogP contribution in [0.3, 0.4) is 0 Å². The zero-order valence-electron chi connectivity index (χ0n) is 14.7. The van der Waals surface area contributed by atoms with Crippen molar-refractivity contribution in [2.75, 3.05) is 10.6 Å². The molecule has 0 amide bonds. The zero-order valence-corrected chi connectivity index (χ0v) is 15.4. The van der Waals surface area contributed by atoms with Gasteiger partial charge < -0.3 is 20.3 Å². The molecule has 138 valence electrons. The predicted octanol–water partition coefficient (Wildman–Crippen LogP) is 2.96. The van der Waals surface area contributed by atoms with Crippen molar-refractivity contribution in [2.24, 2.45) is 24.8 Å². The lowest BCUT2D eigenvalue weighted by Gasteiger charge is -2.58. The quantitative estimate of drug-likeness (QED) is 0.713. The van der Waals surface area contributed by atoms with Gasteiger partial charge in [0.2, 0.25) is 5.95 Å². The minimum absolute atomic E-state index is 0.313. The minimum Gasteiger partial charge on any atom is -0.390 e. The van der Waals surface area contributed by atoms with Crippen molar-refractivity contribution < 1.29 is 5.11 Å². The SMILES string of the molecule is Cn1cnc(Nc2cc(Cl)nc(NC3C4CC5CC3CC(O)(C5)C4)n2)c1. The number of aromatic nitrogens is 4. The van der Waals surface area contributed by atoms with Gasteiger partial charge in [-0.3, -0.25) is 0 Å². The molecule has 2 unspecified atom stereocenters. The first kappa shape index (κ1) is 16.3. The third kappa shape index (κ3) is 2.93. The van der Waals surface area contributed by atoms with Crippen LogP contribution in [-0.2, 0) is 7.05 Å². The van der Waals surface area contributed by atoms with Crippen molar-refractivity contribution in [1.82, 2.24) is 19.5 Å². The summed E-state index contributed by atoms with van der Waals surface area (Å²) >= 11 is 6.22. The molecule has 4 aliphatic carbocycles. The molecule has 2 heterocycles. The maximum Gasteiger partial charge on any atom is 0.226 e. The molecule has 2 atom stereocenters. The van der Waals surface area contributed by atoms with Crippen molar-refractivity contribution in [1.29, 1.82) is 0 Å². The van der Waals surface area contributed by atoms with Crippen molar-refractivity contribution in [3.05, 3.63) is 23.7 Å². The van der Waals surface area contributed by atoms with E-state index in [2.05, 4.69) is 25.6 Å². The lowest BCUT2D eigenvalue weighted by molar-refractivity contribution is -0.129. The maximum atomic E-state index is 10.7. The minimum atomic E-state index is -0.435. The van der Waals surface area contributed by atoms with Gasteiger partial charge in [0, 0.05) is 25.4 Å². The van der Waals surface area contributed by atoms with Crippen molar-refractivity contribution in [3.63, 3.8) is 0 Å². The van der Waals surface area contributed by atoms with Gasteiger partial charge in [-0.2, -0.15) is 4.98 Å². The summed E-state index contributed by atoms with van der Waals surface area (Å²) in [6, 6.07) is 2.01. The van der Waals surface area contributed by atoms with Gasteiger partial charge in [-0.15, -0.1) is 0 Å². The van der Waals surface area contributed by atoms with Crippen LogP contribution in [0.1, 0.15) is 32.1 Å². The van der Waals surface area contributed by atoms with E-state index in [-0.39, 0.29) is 0 Å². The highest BCUT2D eigenvalue weighted by atomic mass is 35.5. The number of aliphatic hydroxyl groups is 1. The molecule has 26 heavy (non-hydrogen) atoms. The third-order valence-electron chi connectivity index (χ3n) is 6.19. The van der Waals surface area contributed by atoms with Crippen LogP contribution in [0.4, 0.5) is 17.6 Å². The number of halogens is 1. The van der Waals surface area contributed by atoms with Crippen LogP contribution in [0, 0.1) is 17.8 Å². The van der Waals surface area contributed by atoms with Crippen LogP contribution >= 0.6 is 11.6 Å². The summed E-state index contributed by atoms with van der Waals surface area (Å²) < 4.78 is 1.86. The van der Waals surface area contributed by atoms with Gasteiger partial charge in [-0.05, 0) is 49.9 Å². The second kappa shape index (κ2) is 5.82. The zero-order chi connectivity index (χ0) is 17.9. The van der Waals surface area contributed by atoms with Crippen molar-refractivity contribution in [2.45, 2.75) is 43.7 Å². The standard InChI is InChI=1S/C18H23ClN6O/c1-25-8-15(20-9-25)22-14-4-13(19)21-17(23-14)24-16-11-2-10-3-12(16)7-18(26,5-10)6-11/h4,8-12,16,26H,2-3,5-7H2,1H3,(H2,21,22,23,24). The maximum absolute atomic E-state index is 10.7. The van der Waals surface area contributed by atoms with Gasteiger partial charge in [-0.25, -0.2) is 9.97 Å². The molecule has 2 aromatic rings. The number of imidazole rings is 1. The fourth-order valence-electron chi connectivity index (χ4n) is 5.52. The van der Waals surface area contributed by atoms with E-state index in [1.807, 2.05) is 17.8 Å². The Balaban J connectivity index is 1.36. The number of hydrogen-bond acceptors (Lipinski definition) is 6. The number of rotatable bonds is 4. The van der Waals surface area contributed by atoms with E-state index in [1.54, 1.807) is 12.4 Å². The summed E-state index contributed by atoms with van der Waals surface area (Å²) in [5.41, 5.74) is -0.435. The van der Waals surface area contributed by atoms with Crippen LogP contribution in [-0.4, -0.2) is 36.3 Å². The molecule has 4 fully saturated rings. The van der Waals surface area contributed by atoms with Gasteiger partial charge in [0.05, 0.1) is 11.9 Å². The summed E-state index contributed by atoms with van der Waals surface area (Å²) in [6.45, 7) is 0. The average molecular weight is 375 g/mol. The van der Waals surface area contributed by atoms with E-state index in [4.69, 9.17) is 11.6 Å². The second-order valence-electron chi connectivity index (χ2n) is 8.31. The Morgan fingerprint density at radius 1 is 1.19 bits per heavy atom. The van der Waals surface area contributed by atoms with E-state index in [1.165, 1.54) is 12.8 Å². The molecule has 2 aromatic heterocycles. The highest BCUT2D eigenvalue weighted by Gasteiger charge is 2.54. The average Bonchev–Trinajstić information content (AvgIpc) is 2.94. The highest BCUT2D eigenvalue weighted by molar-refractivity contribution is 6.29. The first-order valence-corrected chi connectivity index (χ1v) is 9.62. The summed E-state index contributed by atoms with van der Waals surface area (Å²) in [5.74, 6) is 3.53. The molecule has 0 aliphatic heterocycles. The van der Waals surface area contributed by atoms with Gasteiger partial charge in [0.1, 0.15) is 16.8 Å². The van der Waals surface area contributed by atoms with Crippen LogP contribution < -0.4 is 10.6 Å². The summed E-state index contributed by atoms with van der Waals surface area (Å²) in [4.78, 5) is 13.2. The predicted molar refractivity (Wildman–Crippen MR) is 99.4 cm³/mol. The van der Waals surface area contributed by atoms with E-state index >= 15 is 0 Å². The number of hydrogen-bond donors (Lipinski definition) is 3. The summed E-state index contributed by atoms with van der Waals surface area (Å²) in [7, 11) is 1.92. The molecule has 0 saturated heterocycles. The van der Waals surface area contributed by atoms with E-state index in [0.29, 0.717) is 46.5 Å². The molecule has 4 saturated carbocycles. The van der Waals surface area contributed by atoms with E-state index in [9.17, 15) is 5.11 Å². The number of aryl methyl sites for hydroxylation is 1. The first-order valence-electron chi connectivity index (χ1n) is 9.24. The van der Waals surface area contributed by atoms with Crippen LogP contribution in [0.15, 0.2) is 18.6 Å². The molecule has 0 spiro atoms. The largest absolute Gasteiger partial charge is 0.390 e. The molecule has 8 heteroatoms. The highest BCUT2D eigenvalue weighted by Crippen LogP contribution is 2.56. The number of anilines is 3. The molecule has 4 aliphatic rings. The van der Waals surface area contributed by atoms with E-state index in [0.717, 1.165) is 19.3 Å². The molecule has 4 bridgehead atoms. The fraction of sp³-hybridized carbons (Fsp3) is 0.611. The third-order valence-corrected chi connectivity index (χ3v) is 6.39. The molecular weight excluding hydrogens is 352 g/mol. The van der Waals surface area contributed by atoms with Gasteiger partial charge in [0.15, 0.2) is 0 Å². The van der Waals surface area contributed by atoms with Crippen molar-refractivity contribution in [3.8, 4) is 0 Å². The molecule has 3 N–H and O–H groups in total. The Morgan fingerprint density at radius 3 is 2.62 bits per heavy atom. The Morgan fingerprint density at radius 2 is 1.96 bits per heavy atom. The van der Waals surface area contributed by atoms with Crippen LogP contribution in [0.5, 0.6) is 0 Å². The molecule has 7 nitrogen and oxygen atoms in total. The van der Waals surface area contributed by atoms with Gasteiger partial charge in [-0.1, -0.05) is 11.6 Å². The molecule has 0 aromatic carbocycles. The topological polar surface area (TPSA) is 87.9 Å². The Labute approximate surface area is 157 Å². The van der Waals surface area contributed by atoms with Crippen molar-refractivity contribution >= 4 is 29.2 Å². The van der Waals surface area contributed by atoms with Gasteiger partial charge >= 0.3 is 0 Å². The lowest BCUT2D eigenvalue weighted by atomic mass is 9.52. The molecular formula is C18H23ClN6O. The fourth-order valence-corrected chi connectivity index (χ4v) is 5.70. The van der Waals surface area contributed by atoms with Crippen LogP contribution in [0.2, 0.25) is 5.15 Å². The Kier molecular flexibility index (Phi) is 3.66. The lowest BCUT2D eigenvalue weighted by Crippen LogP contribution is -2.59. The van der Waals surface area contributed by atoms with Crippen LogP contribution in [0.25, 0.3) is 0 Å². The smallest absolute Gasteiger partial charge is 0.226 e. The Hall–Kier alpha value is -1.86. The normalized spacial score (nSPS) is 34.9. The number of nitrogens with one attached hydrogen (secondary N) is 2. The Bertz CT molecular complexity index is 823. The monoisotopic (exact) mass is 374 g/mol. The summed E-state index contributed by atoms with van der Waals surface area (Å²) in [6.07, 6.45) is 8.74. The molecule has 0 radical (unpaired) electrons. The summed E-state index contributed by atoms with van der Waals surface area (Å²) in [5, 5.41) is 17.8. The van der Waals surface area contributed by atoms with Gasteiger partial charge in [0.25, 0.3) is 0 Å². The molecule has 6 rings (SSSR count). The number of nitrogens with zero attached hydrogens (tertiary/aromatic N) is 4. The van der Waals surface area contributed by atoms with E-state index < -0.39 is 5.60 Å². The first-order chi connectivity index (χ1) is 12.5. The second-order valence-corrected chi connectivity index (χ2v) is 8.70.